The number of nitrogens with zero attached hydrogens (tertiary/aromatic N) is 2. The van der Waals surface area contributed by atoms with Crippen LogP contribution in [0.4, 0.5) is 5.69 Å². The molecule has 12 heteroatoms. The van der Waals surface area contributed by atoms with Crippen molar-refractivity contribution in [1.29, 1.82) is 0 Å². The summed E-state index contributed by atoms with van der Waals surface area (Å²) in [7, 11) is 1.60. The van der Waals surface area contributed by atoms with Crippen LogP contribution in [-0.4, -0.2) is 100 Å². The number of rotatable bonds is 11. The van der Waals surface area contributed by atoms with Crippen molar-refractivity contribution >= 4 is 23.4 Å². The molecule has 0 aromatic heterocycles. The van der Waals surface area contributed by atoms with Gasteiger partial charge in [0.25, 0.3) is 5.91 Å². The van der Waals surface area contributed by atoms with E-state index in [1.807, 2.05) is 6.07 Å². The predicted molar refractivity (Wildman–Crippen MR) is 141 cm³/mol. The number of benzene rings is 2. The van der Waals surface area contributed by atoms with Crippen molar-refractivity contribution in [1.82, 2.24) is 9.80 Å². The van der Waals surface area contributed by atoms with Gasteiger partial charge in [0.15, 0.2) is 0 Å². The van der Waals surface area contributed by atoms with Crippen molar-refractivity contribution in [2.24, 2.45) is 5.73 Å². The second-order valence-electron chi connectivity index (χ2n) is 9.25. The van der Waals surface area contributed by atoms with E-state index in [0.717, 1.165) is 0 Å². The number of aliphatic hydroxyl groups excluding tert-OH is 3. The van der Waals surface area contributed by atoms with Crippen LogP contribution in [0.15, 0.2) is 54.6 Å². The van der Waals surface area contributed by atoms with Crippen molar-refractivity contribution in [3.05, 3.63) is 60.2 Å². The summed E-state index contributed by atoms with van der Waals surface area (Å²) in [5.74, 6) is -0.399. The van der Waals surface area contributed by atoms with Crippen LogP contribution >= 0.6 is 0 Å². The molecule has 39 heavy (non-hydrogen) atoms. The topological polar surface area (TPSA) is 175 Å². The molecule has 0 spiro atoms. The minimum atomic E-state index is -1.34. The number of carbonyl (C=O) groups is 3. The van der Waals surface area contributed by atoms with E-state index in [2.05, 4.69) is 5.32 Å². The van der Waals surface area contributed by atoms with Crippen LogP contribution in [0.1, 0.15) is 30.1 Å². The first-order valence-corrected chi connectivity index (χ1v) is 12.7. The molecular formula is C27H36N4O8. The highest BCUT2D eigenvalue weighted by atomic mass is 16.7. The first kappa shape index (κ1) is 30.0. The molecule has 1 fully saturated rings. The van der Waals surface area contributed by atoms with Gasteiger partial charge in [-0.05, 0) is 36.4 Å². The van der Waals surface area contributed by atoms with Crippen LogP contribution in [0.25, 0.3) is 0 Å². The van der Waals surface area contributed by atoms with Gasteiger partial charge in [0, 0.05) is 37.7 Å². The van der Waals surface area contributed by atoms with Gasteiger partial charge in [-0.15, -0.1) is 0 Å². The third-order valence-electron chi connectivity index (χ3n) is 6.33. The minimum Gasteiger partial charge on any atom is -0.463 e. The second kappa shape index (κ2) is 14.0. The van der Waals surface area contributed by atoms with Crippen LogP contribution in [0, 0.1) is 0 Å². The molecule has 0 aliphatic carbocycles. The summed E-state index contributed by atoms with van der Waals surface area (Å²) >= 11 is 0. The Labute approximate surface area is 226 Å². The summed E-state index contributed by atoms with van der Waals surface area (Å²) in [6.07, 6.45) is -4.57. The molecule has 0 bridgehead atoms. The lowest BCUT2D eigenvalue weighted by Gasteiger charge is -2.40. The molecule has 2 aromatic rings. The third-order valence-corrected chi connectivity index (χ3v) is 6.33. The molecule has 1 aliphatic heterocycles. The first-order valence-electron chi connectivity index (χ1n) is 12.7. The molecule has 1 aliphatic rings. The highest BCUT2D eigenvalue weighted by Crippen LogP contribution is 2.24. The number of hydrogen-bond acceptors (Lipinski definition) is 9. The Bertz CT molecular complexity index is 1100. The molecule has 212 valence electrons. The Morgan fingerprint density at radius 2 is 1.72 bits per heavy atom. The molecule has 5 atom stereocenters. The van der Waals surface area contributed by atoms with E-state index in [0.29, 0.717) is 17.0 Å². The Hall–Kier alpha value is -3.55. The number of hydrogen-bond donors (Lipinski definition) is 5. The zero-order valence-corrected chi connectivity index (χ0v) is 22.0. The fraction of sp³-hybridized carbons (Fsp3) is 0.444. The second-order valence-corrected chi connectivity index (χ2v) is 9.25. The third kappa shape index (κ3) is 7.97. The number of anilines is 1. The maximum Gasteiger partial charge on any atom is 0.255 e. The van der Waals surface area contributed by atoms with Crippen molar-refractivity contribution in [3.63, 3.8) is 0 Å². The van der Waals surface area contributed by atoms with Crippen LogP contribution in [0.3, 0.4) is 0 Å². The van der Waals surface area contributed by atoms with Gasteiger partial charge >= 0.3 is 0 Å². The van der Waals surface area contributed by atoms with Gasteiger partial charge in [-0.1, -0.05) is 25.1 Å². The lowest BCUT2D eigenvalue weighted by molar-refractivity contribution is -0.239. The molecule has 2 aromatic carbocycles. The summed E-state index contributed by atoms with van der Waals surface area (Å²) in [5.41, 5.74) is 6.88. The zero-order valence-electron chi connectivity index (χ0n) is 22.0. The van der Waals surface area contributed by atoms with Gasteiger partial charge in [0.1, 0.15) is 24.1 Å². The highest BCUT2D eigenvalue weighted by Gasteiger charge is 2.43. The molecule has 1 saturated heterocycles. The zero-order chi connectivity index (χ0) is 28.5. The SMILES string of the molecule is CCC(=O)N(CCC(=O)Nc1ccc(OC2OC(CO)C(O)C(O)C2N)cc1)CN(C)C(=O)c1ccccc1. The van der Waals surface area contributed by atoms with Gasteiger partial charge in [0.05, 0.1) is 19.3 Å². The number of aliphatic hydroxyl groups is 3. The quantitative estimate of drug-likeness (QED) is 0.246. The van der Waals surface area contributed by atoms with E-state index < -0.39 is 37.3 Å². The lowest BCUT2D eigenvalue weighted by atomic mass is 9.98. The van der Waals surface area contributed by atoms with E-state index >= 15 is 0 Å². The van der Waals surface area contributed by atoms with Crippen molar-refractivity contribution in [3.8, 4) is 5.75 Å². The van der Waals surface area contributed by atoms with Crippen molar-refractivity contribution < 1.29 is 39.2 Å². The predicted octanol–water partition coefficient (Wildman–Crippen LogP) is 0.129. The molecule has 3 amide bonds. The van der Waals surface area contributed by atoms with Gasteiger partial charge in [-0.25, -0.2) is 0 Å². The fourth-order valence-electron chi connectivity index (χ4n) is 4.04. The van der Waals surface area contributed by atoms with Crippen LogP contribution < -0.4 is 15.8 Å². The van der Waals surface area contributed by atoms with Gasteiger partial charge in [-0.3, -0.25) is 14.4 Å². The van der Waals surface area contributed by atoms with E-state index in [9.17, 15) is 29.7 Å². The summed E-state index contributed by atoms with van der Waals surface area (Å²) in [4.78, 5) is 40.6. The number of nitrogens with one attached hydrogen (secondary N) is 1. The Kier molecular flexibility index (Phi) is 10.8. The normalized spacial score (nSPS) is 22.6. The molecular weight excluding hydrogens is 508 g/mol. The minimum absolute atomic E-state index is 0.0187. The first-order chi connectivity index (χ1) is 18.6. The molecule has 12 nitrogen and oxygen atoms in total. The summed E-state index contributed by atoms with van der Waals surface area (Å²) in [5, 5.41) is 32.1. The summed E-state index contributed by atoms with van der Waals surface area (Å²) < 4.78 is 11.1. The molecule has 6 N–H and O–H groups in total. The Morgan fingerprint density at radius 3 is 2.33 bits per heavy atom. The van der Waals surface area contributed by atoms with Crippen molar-refractivity contribution in [2.45, 2.75) is 50.4 Å². The number of ether oxygens (including phenoxy) is 2. The molecule has 3 rings (SSSR count). The molecule has 0 radical (unpaired) electrons. The van der Waals surface area contributed by atoms with E-state index in [1.54, 1.807) is 62.5 Å². The van der Waals surface area contributed by atoms with Crippen molar-refractivity contribution in [2.75, 3.05) is 32.2 Å². The van der Waals surface area contributed by atoms with Crippen LogP contribution in [0.2, 0.25) is 0 Å². The van der Waals surface area contributed by atoms with Gasteiger partial charge < -0.3 is 45.6 Å². The van der Waals surface area contributed by atoms with Gasteiger partial charge in [-0.2, -0.15) is 0 Å². The monoisotopic (exact) mass is 544 g/mol. The lowest BCUT2D eigenvalue weighted by Crippen LogP contribution is -2.63. The summed E-state index contributed by atoms with van der Waals surface area (Å²) in [6, 6.07) is 14.0. The molecule has 1 heterocycles. The van der Waals surface area contributed by atoms with Crippen LogP contribution in [0.5, 0.6) is 5.75 Å². The Morgan fingerprint density at radius 1 is 1.05 bits per heavy atom. The fourth-order valence-corrected chi connectivity index (χ4v) is 4.04. The standard InChI is InChI=1S/C27H36N4O8/c1-3-22(34)31(16-30(2)26(37)17-7-5-4-6-8-17)14-13-21(33)29-18-9-11-19(12-10-18)38-27-23(28)25(36)24(35)20(15-32)39-27/h4-12,20,23-25,27,32,35-36H,3,13-16,28H2,1-2H3,(H,29,33). The summed E-state index contributed by atoms with van der Waals surface area (Å²) in [6.45, 7) is 1.38. The number of nitrogens with two attached hydrogens (primary N) is 1. The Balaban J connectivity index is 1.52. The molecule has 0 saturated carbocycles. The van der Waals surface area contributed by atoms with E-state index in [4.69, 9.17) is 15.2 Å². The average molecular weight is 545 g/mol. The number of carbonyl (C=O) groups excluding carboxylic acids is 3. The van der Waals surface area contributed by atoms with Crippen LogP contribution in [-0.2, 0) is 14.3 Å². The van der Waals surface area contributed by atoms with E-state index in [1.165, 1.54) is 9.80 Å². The maximum atomic E-state index is 12.7. The smallest absolute Gasteiger partial charge is 0.255 e. The maximum absolute atomic E-state index is 12.7. The largest absolute Gasteiger partial charge is 0.463 e. The molecule has 5 unspecified atom stereocenters. The average Bonchev–Trinajstić information content (AvgIpc) is 2.95. The van der Waals surface area contributed by atoms with Gasteiger partial charge in [0.2, 0.25) is 18.1 Å². The highest BCUT2D eigenvalue weighted by molar-refractivity contribution is 5.94. The number of amides is 3. The van der Waals surface area contributed by atoms with E-state index in [-0.39, 0.29) is 43.8 Å².